The smallest absolute Gasteiger partial charge is 0.289 e. The average molecular weight is 292 g/mol. The van der Waals surface area contributed by atoms with Gasteiger partial charge in [0, 0.05) is 22.5 Å². The first-order chi connectivity index (χ1) is 9.49. The molecule has 0 radical (unpaired) electrons. The van der Waals surface area contributed by atoms with Crippen molar-refractivity contribution in [2.45, 2.75) is 0 Å². The molecule has 1 N–H and O–H groups in total. The summed E-state index contributed by atoms with van der Waals surface area (Å²) in [4.78, 5) is 10.2. The zero-order chi connectivity index (χ0) is 14.7. The fourth-order valence-corrected chi connectivity index (χ4v) is 1.87. The van der Waals surface area contributed by atoms with Gasteiger partial charge in [-0.25, -0.2) is 4.39 Å². The highest BCUT2D eigenvalue weighted by molar-refractivity contribution is 6.30. The van der Waals surface area contributed by atoms with Crippen molar-refractivity contribution in [3.05, 3.63) is 62.9 Å². The number of nitriles is 1. The number of anilines is 2. The number of nitro groups is 1. The monoisotopic (exact) mass is 291 g/mol. The molecule has 0 aliphatic rings. The minimum Gasteiger partial charge on any atom is -0.355 e. The number of nitrogens with one attached hydrogen (secondary N) is 1. The van der Waals surface area contributed by atoms with Crippen molar-refractivity contribution < 1.29 is 9.31 Å². The first-order valence-corrected chi connectivity index (χ1v) is 5.79. The van der Waals surface area contributed by atoms with Crippen molar-refractivity contribution in [2.75, 3.05) is 5.32 Å². The molecule has 0 fully saturated rings. The highest BCUT2D eigenvalue weighted by atomic mass is 35.5. The maximum absolute atomic E-state index is 13.2. The number of hydrogen-bond acceptors (Lipinski definition) is 4. The summed E-state index contributed by atoms with van der Waals surface area (Å²) >= 11 is 5.71. The van der Waals surface area contributed by atoms with E-state index in [-0.39, 0.29) is 16.3 Å². The minimum atomic E-state index is -0.651. The molecule has 100 valence electrons. The second kappa shape index (κ2) is 5.55. The van der Waals surface area contributed by atoms with E-state index in [1.165, 1.54) is 30.3 Å². The molecule has 0 bridgehead atoms. The Kier molecular flexibility index (Phi) is 3.82. The average Bonchev–Trinajstić information content (AvgIpc) is 2.37. The van der Waals surface area contributed by atoms with Crippen molar-refractivity contribution >= 4 is 28.7 Å². The van der Waals surface area contributed by atoms with Crippen LogP contribution in [0.2, 0.25) is 5.02 Å². The Morgan fingerprint density at radius 1 is 1.25 bits per heavy atom. The van der Waals surface area contributed by atoms with E-state index in [0.29, 0.717) is 11.4 Å². The van der Waals surface area contributed by atoms with Crippen LogP contribution in [0.3, 0.4) is 0 Å². The van der Waals surface area contributed by atoms with E-state index >= 15 is 0 Å². The van der Waals surface area contributed by atoms with E-state index in [0.717, 1.165) is 6.07 Å². The Hall–Kier alpha value is -2.65. The van der Waals surface area contributed by atoms with Crippen molar-refractivity contribution in [3.8, 4) is 6.07 Å². The zero-order valence-electron chi connectivity index (χ0n) is 9.93. The van der Waals surface area contributed by atoms with Gasteiger partial charge in [0.15, 0.2) is 0 Å². The second-order valence-electron chi connectivity index (χ2n) is 3.88. The van der Waals surface area contributed by atoms with E-state index in [1.807, 2.05) is 0 Å². The van der Waals surface area contributed by atoms with E-state index < -0.39 is 10.7 Å². The summed E-state index contributed by atoms with van der Waals surface area (Å²) < 4.78 is 13.2. The van der Waals surface area contributed by atoms with Crippen LogP contribution in [0.4, 0.5) is 21.5 Å². The molecule has 0 amide bonds. The van der Waals surface area contributed by atoms with E-state index in [4.69, 9.17) is 16.9 Å². The molecule has 2 aromatic carbocycles. The van der Waals surface area contributed by atoms with Gasteiger partial charge in [-0.3, -0.25) is 10.1 Å². The topological polar surface area (TPSA) is 79.0 Å². The Morgan fingerprint density at radius 2 is 2.00 bits per heavy atom. The predicted molar refractivity (Wildman–Crippen MR) is 72.5 cm³/mol. The fraction of sp³-hybridized carbons (Fsp3) is 0. The molecule has 0 aromatic heterocycles. The van der Waals surface area contributed by atoms with Crippen LogP contribution in [0.1, 0.15) is 5.56 Å². The molecular formula is C13H7ClFN3O2. The third-order valence-electron chi connectivity index (χ3n) is 2.47. The quantitative estimate of drug-likeness (QED) is 0.684. The number of halogens is 2. The van der Waals surface area contributed by atoms with Gasteiger partial charge in [-0.1, -0.05) is 11.6 Å². The standard InChI is InChI=1S/C13H7ClFN3O2/c14-9-3-10(15)5-12(4-9)17-11-2-1-8(7-16)13(6-11)18(19)20/h1-6,17H. The van der Waals surface area contributed by atoms with Crippen LogP contribution in [0, 0.1) is 27.3 Å². The predicted octanol–water partition coefficient (Wildman–Crippen LogP) is 4.00. The summed E-state index contributed by atoms with van der Waals surface area (Å²) in [6.45, 7) is 0. The molecule has 0 heterocycles. The van der Waals surface area contributed by atoms with Crippen LogP contribution in [0.15, 0.2) is 36.4 Å². The molecule has 0 unspecified atom stereocenters. The lowest BCUT2D eigenvalue weighted by atomic mass is 10.1. The van der Waals surface area contributed by atoms with Gasteiger partial charge in [-0.05, 0) is 30.3 Å². The maximum Gasteiger partial charge on any atom is 0.289 e. The van der Waals surface area contributed by atoms with Crippen LogP contribution in [-0.4, -0.2) is 4.92 Å². The van der Waals surface area contributed by atoms with Gasteiger partial charge in [0.1, 0.15) is 17.4 Å². The van der Waals surface area contributed by atoms with Crippen molar-refractivity contribution in [2.24, 2.45) is 0 Å². The molecule has 0 atom stereocenters. The SMILES string of the molecule is N#Cc1ccc(Nc2cc(F)cc(Cl)c2)cc1[N+](=O)[O-]. The number of nitro benzene ring substituents is 1. The van der Waals surface area contributed by atoms with Crippen LogP contribution in [-0.2, 0) is 0 Å². The number of benzene rings is 2. The highest BCUT2D eigenvalue weighted by Gasteiger charge is 2.14. The van der Waals surface area contributed by atoms with E-state index in [1.54, 1.807) is 6.07 Å². The zero-order valence-corrected chi connectivity index (χ0v) is 10.7. The Labute approximate surface area is 118 Å². The van der Waals surface area contributed by atoms with Gasteiger partial charge in [-0.15, -0.1) is 0 Å². The van der Waals surface area contributed by atoms with Crippen LogP contribution >= 0.6 is 11.6 Å². The maximum atomic E-state index is 13.2. The highest BCUT2D eigenvalue weighted by Crippen LogP contribution is 2.26. The molecule has 2 aromatic rings. The van der Waals surface area contributed by atoms with Crippen molar-refractivity contribution in [1.29, 1.82) is 5.26 Å². The van der Waals surface area contributed by atoms with Gasteiger partial charge in [0.2, 0.25) is 0 Å². The summed E-state index contributed by atoms with van der Waals surface area (Å²) in [5.74, 6) is -0.525. The van der Waals surface area contributed by atoms with E-state index in [9.17, 15) is 14.5 Å². The second-order valence-corrected chi connectivity index (χ2v) is 4.32. The van der Waals surface area contributed by atoms with Crippen LogP contribution in [0.25, 0.3) is 0 Å². The Bertz CT molecular complexity index is 708. The van der Waals surface area contributed by atoms with Crippen molar-refractivity contribution in [1.82, 2.24) is 0 Å². The molecule has 5 nitrogen and oxygen atoms in total. The molecule has 0 saturated heterocycles. The Morgan fingerprint density at radius 3 is 2.60 bits per heavy atom. The fourth-order valence-electron chi connectivity index (χ4n) is 1.65. The molecule has 0 saturated carbocycles. The molecule has 7 heteroatoms. The molecule has 20 heavy (non-hydrogen) atoms. The minimum absolute atomic E-state index is 0.0437. The molecule has 0 aliphatic carbocycles. The Balaban J connectivity index is 2.37. The third-order valence-corrected chi connectivity index (χ3v) is 2.68. The van der Waals surface area contributed by atoms with Gasteiger partial charge >= 0.3 is 0 Å². The summed E-state index contributed by atoms with van der Waals surface area (Å²) in [7, 11) is 0. The summed E-state index contributed by atoms with van der Waals surface area (Å²) in [6, 6.07) is 9.58. The summed E-state index contributed by atoms with van der Waals surface area (Å²) in [5.41, 5.74) is 0.351. The number of nitrogens with zero attached hydrogens (tertiary/aromatic N) is 2. The molecular weight excluding hydrogens is 285 g/mol. The lowest BCUT2D eigenvalue weighted by Crippen LogP contribution is -1.96. The van der Waals surface area contributed by atoms with Gasteiger partial charge in [0.05, 0.1) is 4.92 Å². The summed E-state index contributed by atoms with van der Waals surface area (Å²) in [6.07, 6.45) is 0. The molecule has 2 rings (SSSR count). The van der Waals surface area contributed by atoms with Crippen molar-refractivity contribution in [3.63, 3.8) is 0 Å². The number of hydrogen-bond donors (Lipinski definition) is 1. The lowest BCUT2D eigenvalue weighted by Gasteiger charge is -2.07. The third kappa shape index (κ3) is 3.02. The van der Waals surface area contributed by atoms with Gasteiger partial charge in [-0.2, -0.15) is 5.26 Å². The van der Waals surface area contributed by atoms with Gasteiger partial charge in [0.25, 0.3) is 5.69 Å². The molecule has 0 spiro atoms. The van der Waals surface area contributed by atoms with E-state index in [2.05, 4.69) is 5.32 Å². The lowest BCUT2D eigenvalue weighted by molar-refractivity contribution is -0.385. The normalized spacial score (nSPS) is 9.85. The largest absolute Gasteiger partial charge is 0.355 e. The first kappa shape index (κ1) is 13.8. The van der Waals surface area contributed by atoms with Crippen LogP contribution in [0.5, 0.6) is 0 Å². The van der Waals surface area contributed by atoms with Gasteiger partial charge < -0.3 is 5.32 Å². The molecule has 0 aliphatic heterocycles. The summed E-state index contributed by atoms with van der Waals surface area (Å²) in [5, 5.41) is 22.6. The van der Waals surface area contributed by atoms with Crippen LogP contribution < -0.4 is 5.32 Å². The number of rotatable bonds is 3. The first-order valence-electron chi connectivity index (χ1n) is 5.41.